The highest BCUT2D eigenvalue weighted by atomic mass is 15.0. The summed E-state index contributed by atoms with van der Waals surface area (Å²) in [5.74, 6) is 1.75. The predicted molar refractivity (Wildman–Crippen MR) is 70.0 cm³/mol. The van der Waals surface area contributed by atoms with E-state index < -0.39 is 0 Å². The van der Waals surface area contributed by atoms with Crippen LogP contribution >= 0.6 is 0 Å². The van der Waals surface area contributed by atoms with E-state index in [1.54, 1.807) is 0 Å². The first kappa shape index (κ1) is 11.9. The quantitative estimate of drug-likeness (QED) is 0.734. The maximum absolute atomic E-state index is 6.00. The van der Waals surface area contributed by atoms with E-state index >= 15 is 0 Å². The second kappa shape index (κ2) is 5.14. The lowest BCUT2D eigenvalue weighted by molar-refractivity contribution is 0.588. The van der Waals surface area contributed by atoms with Crippen molar-refractivity contribution in [3.8, 4) is 0 Å². The van der Waals surface area contributed by atoms with Crippen molar-refractivity contribution in [2.45, 2.75) is 32.2 Å². The van der Waals surface area contributed by atoms with Crippen LogP contribution in [0.4, 0.5) is 5.82 Å². The molecule has 2 rings (SSSR count). The first-order valence-corrected chi connectivity index (χ1v) is 6.02. The van der Waals surface area contributed by atoms with Crippen LogP contribution < -0.4 is 11.1 Å². The Hall–Kier alpha value is -1.62. The zero-order valence-electron chi connectivity index (χ0n) is 10.3. The molecule has 1 atom stereocenters. The van der Waals surface area contributed by atoms with E-state index in [4.69, 9.17) is 5.73 Å². The zero-order chi connectivity index (χ0) is 12.3. The van der Waals surface area contributed by atoms with E-state index in [0.29, 0.717) is 0 Å². The summed E-state index contributed by atoms with van der Waals surface area (Å²) in [5.41, 5.74) is 7.71. The van der Waals surface area contributed by atoms with Crippen LogP contribution in [-0.4, -0.2) is 28.0 Å². The van der Waals surface area contributed by atoms with Gasteiger partial charge in [-0.3, -0.25) is 0 Å². The van der Waals surface area contributed by atoms with Gasteiger partial charge in [0.1, 0.15) is 11.6 Å². The van der Waals surface area contributed by atoms with E-state index in [-0.39, 0.29) is 6.04 Å². The Bertz CT molecular complexity index is 491. The second-order valence-electron chi connectivity index (χ2n) is 4.25. The highest BCUT2D eigenvalue weighted by Gasteiger charge is 2.08. The first-order valence-electron chi connectivity index (χ1n) is 6.02. The molecule has 4 N–H and O–H groups in total. The number of nitrogens with one attached hydrogen (secondary N) is 2. The molecule has 17 heavy (non-hydrogen) atoms. The molecular formula is C12H19N5. The first-order chi connectivity index (χ1) is 8.22. The highest BCUT2D eigenvalue weighted by molar-refractivity contribution is 5.72. The molecule has 0 bridgehead atoms. The summed E-state index contributed by atoms with van der Waals surface area (Å²) >= 11 is 0. The lowest BCUT2D eigenvalue weighted by Crippen LogP contribution is -2.22. The van der Waals surface area contributed by atoms with Crippen molar-refractivity contribution in [1.82, 2.24) is 15.0 Å². The molecule has 0 aromatic carbocycles. The molecule has 0 fully saturated rings. The third-order valence-corrected chi connectivity index (χ3v) is 2.77. The Labute approximate surface area is 101 Å². The number of imidazole rings is 1. The largest absolute Gasteiger partial charge is 0.373 e. The number of fused-ring (bicyclic) bond motifs is 1. The SMILES string of the molecule is CCCC(N)Cc1nc2nc(NC)ccc2[nH]1. The summed E-state index contributed by atoms with van der Waals surface area (Å²) in [7, 11) is 1.85. The fourth-order valence-corrected chi connectivity index (χ4v) is 1.90. The monoisotopic (exact) mass is 233 g/mol. The predicted octanol–water partition coefficient (Wildman–Crippen LogP) is 1.67. The molecule has 0 aliphatic carbocycles. The standard InChI is InChI=1S/C12H19N5/c1-3-4-8(13)7-11-15-9-5-6-10(14-2)16-12(9)17-11/h5-6,8H,3-4,7,13H2,1-2H3,(H2,14,15,16,17). The van der Waals surface area contributed by atoms with Crippen LogP contribution in [0.3, 0.4) is 0 Å². The van der Waals surface area contributed by atoms with Crippen molar-refractivity contribution in [2.75, 3.05) is 12.4 Å². The number of nitrogens with two attached hydrogens (primary N) is 1. The molecule has 0 saturated heterocycles. The molecule has 0 amide bonds. The van der Waals surface area contributed by atoms with Crippen LogP contribution in [0.2, 0.25) is 0 Å². The fraction of sp³-hybridized carbons (Fsp3) is 0.500. The molecule has 0 saturated carbocycles. The maximum Gasteiger partial charge on any atom is 0.179 e. The highest BCUT2D eigenvalue weighted by Crippen LogP contribution is 2.13. The van der Waals surface area contributed by atoms with Gasteiger partial charge in [-0.1, -0.05) is 13.3 Å². The molecule has 0 spiro atoms. The number of aromatic amines is 1. The number of pyridine rings is 1. The maximum atomic E-state index is 6.00. The molecule has 0 aliphatic rings. The number of aromatic nitrogens is 3. The van der Waals surface area contributed by atoms with Crippen molar-refractivity contribution in [3.63, 3.8) is 0 Å². The van der Waals surface area contributed by atoms with Gasteiger partial charge in [-0.25, -0.2) is 9.97 Å². The van der Waals surface area contributed by atoms with Gasteiger partial charge in [0.05, 0.1) is 5.52 Å². The average Bonchev–Trinajstić information content (AvgIpc) is 2.69. The normalized spacial score (nSPS) is 12.9. The van der Waals surface area contributed by atoms with Crippen molar-refractivity contribution < 1.29 is 0 Å². The number of nitrogens with zero attached hydrogens (tertiary/aromatic N) is 2. The van der Waals surface area contributed by atoms with Gasteiger partial charge in [0.2, 0.25) is 0 Å². The molecule has 92 valence electrons. The summed E-state index contributed by atoms with van der Waals surface area (Å²) in [5, 5.41) is 3.00. The smallest absolute Gasteiger partial charge is 0.179 e. The van der Waals surface area contributed by atoms with Gasteiger partial charge in [-0.15, -0.1) is 0 Å². The third-order valence-electron chi connectivity index (χ3n) is 2.77. The summed E-state index contributed by atoms with van der Waals surface area (Å²) in [4.78, 5) is 12.1. The minimum Gasteiger partial charge on any atom is -0.373 e. The van der Waals surface area contributed by atoms with Gasteiger partial charge in [-0.2, -0.15) is 0 Å². The second-order valence-corrected chi connectivity index (χ2v) is 4.25. The molecule has 0 radical (unpaired) electrons. The van der Waals surface area contributed by atoms with Crippen LogP contribution in [0.5, 0.6) is 0 Å². The van der Waals surface area contributed by atoms with Crippen molar-refractivity contribution >= 4 is 17.0 Å². The van der Waals surface area contributed by atoms with Gasteiger partial charge in [0.25, 0.3) is 0 Å². The van der Waals surface area contributed by atoms with Crippen molar-refractivity contribution in [1.29, 1.82) is 0 Å². The summed E-state index contributed by atoms with van der Waals surface area (Å²) in [6.07, 6.45) is 2.90. The molecule has 2 heterocycles. The topological polar surface area (TPSA) is 79.6 Å². The van der Waals surface area contributed by atoms with Crippen LogP contribution in [0.1, 0.15) is 25.6 Å². The van der Waals surface area contributed by atoms with E-state index in [1.165, 1.54) is 0 Å². The van der Waals surface area contributed by atoms with Crippen molar-refractivity contribution in [3.05, 3.63) is 18.0 Å². The van der Waals surface area contributed by atoms with E-state index in [9.17, 15) is 0 Å². The minimum absolute atomic E-state index is 0.171. The summed E-state index contributed by atoms with van der Waals surface area (Å²) < 4.78 is 0. The van der Waals surface area contributed by atoms with Crippen LogP contribution in [0, 0.1) is 0 Å². The molecule has 2 aromatic rings. The van der Waals surface area contributed by atoms with Gasteiger partial charge in [0, 0.05) is 19.5 Å². The molecule has 5 heteroatoms. The summed E-state index contributed by atoms with van der Waals surface area (Å²) in [6.45, 7) is 2.14. The Morgan fingerprint density at radius 2 is 2.24 bits per heavy atom. The van der Waals surface area contributed by atoms with Gasteiger partial charge in [-0.05, 0) is 18.6 Å². The van der Waals surface area contributed by atoms with Crippen LogP contribution in [-0.2, 0) is 6.42 Å². The fourth-order valence-electron chi connectivity index (χ4n) is 1.90. The molecule has 5 nitrogen and oxygen atoms in total. The third kappa shape index (κ3) is 2.74. The zero-order valence-corrected chi connectivity index (χ0v) is 10.3. The number of hydrogen-bond acceptors (Lipinski definition) is 4. The van der Waals surface area contributed by atoms with E-state index in [0.717, 1.165) is 42.1 Å². The van der Waals surface area contributed by atoms with Gasteiger partial charge >= 0.3 is 0 Å². The summed E-state index contributed by atoms with van der Waals surface area (Å²) in [6, 6.07) is 4.08. The number of hydrogen-bond donors (Lipinski definition) is 3. The number of rotatable bonds is 5. The van der Waals surface area contributed by atoms with Crippen LogP contribution in [0.25, 0.3) is 11.2 Å². The lowest BCUT2D eigenvalue weighted by atomic mass is 10.1. The van der Waals surface area contributed by atoms with Gasteiger partial charge in [0.15, 0.2) is 5.65 Å². The molecule has 2 aromatic heterocycles. The Balaban J connectivity index is 2.19. The number of anilines is 1. The van der Waals surface area contributed by atoms with E-state index in [1.807, 2.05) is 19.2 Å². The molecular weight excluding hydrogens is 214 g/mol. The minimum atomic E-state index is 0.171. The lowest BCUT2D eigenvalue weighted by Gasteiger charge is -2.06. The Morgan fingerprint density at radius 3 is 2.94 bits per heavy atom. The Kier molecular flexibility index (Phi) is 3.58. The number of H-pyrrole nitrogens is 1. The average molecular weight is 233 g/mol. The van der Waals surface area contributed by atoms with Gasteiger partial charge < -0.3 is 16.0 Å². The van der Waals surface area contributed by atoms with Crippen molar-refractivity contribution in [2.24, 2.45) is 5.73 Å². The Morgan fingerprint density at radius 1 is 1.41 bits per heavy atom. The molecule has 1 unspecified atom stereocenters. The van der Waals surface area contributed by atoms with E-state index in [2.05, 4.69) is 27.2 Å². The van der Waals surface area contributed by atoms with Crippen LogP contribution in [0.15, 0.2) is 12.1 Å². The molecule has 0 aliphatic heterocycles.